The molecular formula is C10H7Br2N2+. The van der Waals surface area contributed by atoms with Gasteiger partial charge in [0.1, 0.15) is 5.69 Å². The number of halogens is 2. The van der Waals surface area contributed by atoms with E-state index in [4.69, 9.17) is 0 Å². The summed E-state index contributed by atoms with van der Waals surface area (Å²) in [4.78, 5) is 7.41. The third kappa shape index (κ3) is 2.19. The van der Waals surface area contributed by atoms with Gasteiger partial charge in [-0.15, -0.1) is 0 Å². The number of pyridine rings is 2. The predicted molar refractivity (Wildman–Crippen MR) is 61.6 cm³/mol. The van der Waals surface area contributed by atoms with Gasteiger partial charge in [-0.3, -0.25) is 0 Å². The Hall–Kier alpha value is -0.740. The summed E-state index contributed by atoms with van der Waals surface area (Å²) in [6, 6.07) is 7.82. The maximum absolute atomic E-state index is 4.27. The molecule has 2 rings (SSSR count). The van der Waals surface area contributed by atoms with Gasteiger partial charge in [0, 0.05) is 27.3 Å². The topological polar surface area (TPSA) is 27.0 Å². The van der Waals surface area contributed by atoms with Gasteiger partial charge in [-0.2, -0.15) is 0 Å². The molecule has 0 aliphatic heterocycles. The number of hydrogen-bond donors (Lipinski definition) is 0. The molecule has 0 amide bonds. The number of nitrogens with one attached hydrogen (secondary N) is 1. The van der Waals surface area contributed by atoms with E-state index in [1.54, 1.807) is 6.20 Å². The van der Waals surface area contributed by atoms with Crippen LogP contribution in [0.4, 0.5) is 0 Å². The molecular weight excluding hydrogens is 308 g/mol. The molecule has 4 heteroatoms. The van der Waals surface area contributed by atoms with Gasteiger partial charge < -0.3 is 0 Å². The Bertz CT molecular complexity index is 414. The molecule has 0 spiro atoms. The van der Waals surface area contributed by atoms with Crippen molar-refractivity contribution in [2.45, 2.75) is 0 Å². The van der Waals surface area contributed by atoms with Gasteiger partial charge in [0.25, 0.3) is 0 Å². The van der Waals surface area contributed by atoms with Crippen LogP contribution >= 0.6 is 31.9 Å². The van der Waals surface area contributed by atoms with Crippen LogP contribution < -0.4 is 4.98 Å². The van der Waals surface area contributed by atoms with Crippen LogP contribution in [0.3, 0.4) is 0 Å². The van der Waals surface area contributed by atoms with Crippen molar-refractivity contribution < 1.29 is 4.98 Å². The van der Waals surface area contributed by atoms with Gasteiger partial charge >= 0.3 is 0 Å². The number of rotatable bonds is 1. The Morgan fingerprint density at radius 3 is 2.57 bits per heavy atom. The number of H-pyrrole nitrogens is 1. The molecule has 0 atom stereocenters. The largest absolute Gasteiger partial charge is 0.250 e. The SMILES string of the molecule is Brc1ccnc(-c2cc(Br)cc[nH+]2)c1. The maximum atomic E-state index is 4.27. The second-order valence-corrected chi connectivity index (χ2v) is 4.61. The van der Waals surface area contributed by atoms with Crippen molar-refractivity contribution >= 4 is 31.9 Å². The molecule has 0 saturated carbocycles. The molecule has 2 aromatic heterocycles. The van der Waals surface area contributed by atoms with Crippen molar-refractivity contribution in [2.24, 2.45) is 0 Å². The van der Waals surface area contributed by atoms with Crippen LogP contribution in [-0.4, -0.2) is 4.98 Å². The molecule has 0 saturated heterocycles. The molecule has 1 N–H and O–H groups in total. The van der Waals surface area contributed by atoms with Crippen LogP contribution in [0.15, 0.2) is 45.6 Å². The molecule has 14 heavy (non-hydrogen) atoms. The van der Waals surface area contributed by atoms with Crippen LogP contribution in [0, 0.1) is 0 Å². The van der Waals surface area contributed by atoms with E-state index in [1.807, 2.05) is 30.5 Å². The monoisotopic (exact) mass is 313 g/mol. The van der Waals surface area contributed by atoms with Crippen LogP contribution in [0.1, 0.15) is 0 Å². The van der Waals surface area contributed by atoms with E-state index in [2.05, 4.69) is 41.8 Å². The highest BCUT2D eigenvalue weighted by atomic mass is 79.9. The average molecular weight is 315 g/mol. The van der Waals surface area contributed by atoms with Gasteiger partial charge in [0.2, 0.25) is 5.69 Å². The standard InChI is InChI=1S/C10H6Br2N2/c11-7-1-3-13-9(5-7)10-6-8(12)2-4-14-10/h1-6H/p+1. The van der Waals surface area contributed by atoms with Gasteiger partial charge in [-0.05, 0) is 12.1 Å². The van der Waals surface area contributed by atoms with E-state index in [1.165, 1.54) is 0 Å². The molecule has 2 nitrogen and oxygen atoms in total. The molecule has 0 unspecified atom stereocenters. The van der Waals surface area contributed by atoms with Gasteiger partial charge in [0.15, 0.2) is 6.20 Å². The summed E-state index contributed by atoms with van der Waals surface area (Å²) >= 11 is 6.83. The summed E-state index contributed by atoms with van der Waals surface area (Å²) in [7, 11) is 0. The number of hydrogen-bond acceptors (Lipinski definition) is 1. The summed E-state index contributed by atoms with van der Waals surface area (Å²) < 4.78 is 2.06. The fourth-order valence-electron chi connectivity index (χ4n) is 1.14. The lowest BCUT2D eigenvalue weighted by molar-refractivity contribution is -0.365. The normalized spacial score (nSPS) is 10.1. The fourth-order valence-corrected chi connectivity index (χ4v) is 1.83. The summed E-state index contributed by atoms with van der Waals surface area (Å²) in [6.45, 7) is 0. The van der Waals surface area contributed by atoms with Crippen molar-refractivity contribution in [3.8, 4) is 11.4 Å². The molecule has 0 aliphatic rings. The van der Waals surface area contributed by atoms with Gasteiger partial charge in [-0.25, -0.2) is 9.97 Å². The first-order valence-corrected chi connectivity index (χ1v) is 5.63. The van der Waals surface area contributed by atoms with Crippen molar-refractivity contribution in [3.63, 3.8) is 0 Å². The lowest BCUT2D eigenvalue weighted by Gasteiger charge is -1.95. The van der Waals surface area contributed by atoms with E-state index in [9.17, 15) is 0 Å². The summed E-state index contributed by atoms with van der Waals surface area (Å²) in [5.74, 6) is 0. The quantitative estimate of drug-likeness (QED) is 0.794. The molecule has 0 aromatic carbocycles. The lowest BCUT2D eigenvalue weighted by Crippen LogP contribution is -2.05. The zero-order chi connectivity index (χ0) is 9.97. The first-order valence-electron chi connectivity index (χ1n) is 4.05. The number of aromatic amines is 1. The van der Waals surface area contributed by atoms with E-state index in [0.29, 0.717) is 0 Å². The second-order valence-electron chi connectivity index (χ2n) is 2.78. The Kier molecular flexibility index (Phi) is 2.93. The van der Waals surface area contributed by atoms with E-state index in [-0.39, 0.29) is 0 Å². The molecule has 70 valence electrons. The van der Waals surface area contributed by atoms with Crippen LogP contribution in [0.2, 0.25) is 0 Å². The highest BCUT2D eigenvalue weighted by molar-refractivity contribution is 9.10. The molecule has 0 bridgehead atoms. The zero-order valence-corrected chi connectivity index (χ0v) is 10.3. The van der Waals surface area contributed by atoms with Crippen molar-refractivity contribution in [1.82, 2.24) is 4.98 Å². The fraction of sp³-hybridized carbons (Fsp3) is 0. The molecule has 2 aromatic rings. The summed E-state index contributed by atoms with van der Waals surface area (Å²) in [6.07, 6.45) is 3.65. The second kappa shape index (κ2) is 4.19. The minimum Gasteiger partial charge on any atom is -0.250 e. The molecule has 0 fully saturated rings. The average Bonchev–Trinajstić information content (AvgIpc) is 2.18. The third-order valence-corrected chi connectivity index (χ3v) is 2.75. The van der Waals surface area contributed by atoms with Crippen LogP contribution in [-0.2, 0) is 0 Å². The molecule has 0 aliphatic carbocycles. The van der Waals surface area contributed by atoms with Gasteiger partial charge in [-0.1, -0.05) is 31.9 Å². The highest BCUT2D eigenvalue weighted by Gasteiger charge is 2.06. The van der Waals surface area contributed by atoms with E-state index < -0.39 is 0 Å². The Morgan fingerprint density at radius 1 is 1.07 bits per heavy atom. The summed E-state index contributed by atoms with van der Waals surface area (Å²) in [5.41, 5.74) is 1.90. The van der Waals surface area contributed by atoms with Crippen molar-refractivity contribution in [1.29, 1.82) is 0 Å². The first kappa shape index (κ1) is 9.80. The van der Waals surface area contributed by atoms with Crippen molar-refractivity contribution in [3.05, 3.63) is 45.6 Å². The van der Waals surface area contributed by atoms with Gasteiger partial charge in [0.05, 0.1) is 0 Å². The van der Waals surface area contributed by atoms with Crippen molar-refractivity contribution in [2.75, 3.05) is 0 Å². The third-order valence-electron chi connectivity index (χ3n) is 1.76. The number of aromatic nitrogens is 2. The molecule has 2 heterocycles. The highest BCUT2D eigenvalue weighted by Crippen LogP contribution is 2.19. The Balaban J connectivity index is 2.49. The number of nitrogens with zero attached hydrogens (tertiary/aromatic N) is 1. The minimum absolute atomic E-state index is 0.917. The van der Waals surface area contributed by atoms with E-state index >= 15 is 0 Å². The maximum Gasteiger partial charge on any atom is 0.230 e. The predicted octanol–water partition coefficient (Wildman–Crippen LogP) is 3.09. The molecule has 0 radical (unpaired) electrons. The lowest BCUT2D eigenvalue weighted by atomic mass is 10.2. The minimum atomic E-state index is 0.917. The van der Waals surface area contributed by atoms with Crippen LogP contribution in [0.5, 0.6) is 0 Å². The zero-order valence-electron chi connectivity index (χ0n) is 7.17. The van der Waals surface area contributed by atoms with Crippen LogP contribution in [0.25, 0.3) is 11.4 Å². The smallest absolute Gasteiger partial charge is 0.230 e. The Morgan fingerprint density at radius 2 is 1.86 bits per heavy atom. The summed E-state index contributed by atoms with van der Waals surface area (Å²) in [5, 5.41) is 0. The van der Waals surface area contributed by atoms with E-state index in [0.717, 1.165) is 20.3 Å². The Labute approximate surface area is 98.7 Å². The first-order chi connectivity index (χ1) is 6.75.